The van der Waals surface area contributed by atoms with Crippen molar-refractivity contribution in [3.8, 4) is 0 Å². The molecule has 0 saturated heterocycles. The summed E-state index contributed by atoms with van der Waals surface area (Å²) in [6.07, 6.45) is 8.55. The fourth-order valence-corrected chi connectivity index (χ4v) is 3.32. The third-order valence-corrected chi connectivity index (χ3v) is 4.39. The van der Waals surface area contributed by atoms with Crippen LogP contribution in [0.3, 0.4) is 0 Å². The van der Waals surface area contributed by atoms with Crippen molar-refractivity contribution in [1.82, 2.24) is 15.1 Å². The molecule has 1 unspecified atom stereocenters. The molecule has 18 heavy (non-hydrogen) atoms. The number of aromatic nitrogens is 2. The van der Waals surface area contributed by atoms with Gasteiger partial charge in [0.15, 0.2) is 0 Å². The van der Waals surface area contributed by atoms with Gasteiger partial charge in [0, 0.05) is 12.7 Å². The first-order valence-electron chi connectivity index (χ1n) is 7.46. The topological polar surface area (TPSA) is 29.9 Å². The maximum absolute atomic E-state index is 4.44. The Morgan fingerprint density at radius 1 is 1.39 bits per heavy atom. The normalized spacial score (nSPS) is 20.2. The van der Waals surface area contributed by atoms with Crippen molar-refractivity contribution >= 4 is 0 Å². The Bertz CT molecular complexity index is 364. The van der Waals surface area contributed by atoms with Gasteiger partial charge in [0.2, 0.25) is 0 Å². The quantitative estimate of drug-likeness (QED) is 0.836. The standard InChI is InChI=1S/C15H27N3/c1-4-11-16-14(15(3)9-6-7-10-15)13-8-12-17-18(13)5-2/h8,12,14,16H,4-7,9-11H2,1-3H3. The Hall–Kier alpha value is -0.830. The zero-order chi connectivity index (χ0) is 13.0. The zero-order valence-electron chi connectivity index (χ0n) is 12.1. The highest BCUT2D eigenvalue weighted by Crippen LogP contribution is 2.47. The molecule has 3 heteroatoms. The van der Waals surface area contributed by atoms with Crippen LogP contribution in [0.25, 0.3) is 0 Å². The van der Waals surface area contributed by atoms with Crippen LogP contribution in [0.5, 0.6) is 0 Å². The van der Waals surface area contributed by atoms with Gasteiger partial charge in [-0.2, -0.15) is 5.10 Å². The molecule has 0 aromatic carbocycles. The van der Waals surface area contributed by atoms with E-state index in [2.05, 4.69) is 41.9 Å². The zero-order valence-corrected chi connectivity index (χ0v) is 12.1. The molecule has 0 amide bonds. The maximum Gasteiger partial charge on any atom is 0.0559 e. The van der Waals surface area contributed by atoms with Crippen molar-refractivity contribution in [2.75, 3.05) is 6.54 Å². The number of nitrogens with zero attached hydrogens (tertiary/aromatic N) is 2. The monoisotopic (exact) mass is 249 g/mol. The van der Waals surface area contributed by atoms with E-state index in [4.69, 9.17) is 0 Å². The van der Waals surface area contributed by atoms with Gasteiger partial charge in [0.25, 0.3) is 0 Å². The number of aryl methyl sites for hydroxylation is 1. The average Bonchev–Trinajstić information content (AvgIpc) is 2.99. The van der Waals surface area contributed by atoms with Gasteiger partial charge in [-0.1, -0.05) is 26.7 Å². The van der Waals surface area contributed by atoms with Crippen LogP contribution >= 0.6 is 0 Å². The minimum absolute atomic E-state index is 0.405. The Morgan fingerprint density at radius 2 is 2.11 bits per heavy atom. The van der Waals surface area contributed by atoms with Gasteiger partial charge >= 0.3 is 0 Å². The lowest BCUT2D eigenvalue weighted by Crippen LogP contribution is -2.36. The highest BCUT2D eigenvalue weighted by Gasteiger charge is 2.38. The van der Waals surface area contributed by atoms with E-state index in [1.807, 2.05) is 6.20 Å². The summed E-state index contributed by atoms with van der Waals surface area (Å²) in [5, 5.41) is 8.21. The van der Waals surface area contributed by atoms with E-state index in [0.29, 0.717) is 11.5 Å². The summed E-state index contributed by atoms with van der Waals surface area (Å²) in [4.78, 5) is 0. The summed E-state index contributed by atoms with van der Waals surface area (Å²) in [5.74, 6) is 0. The van der Waals surface area contributed by atoms with Gasteiger partial charge in [-0.05, 0) is 44.2 Å². The molecule has 1 atom stereocenters. The SMILES string of the molecule is CCCNC(c1ccnn1CC)C1(C)CCCC1. The molecule has 102 valence electrons. The number of hydrogen-bond donors (Lipinski definition) is 1. The second kappa shape index (κ2) is 5.87. The first kappa shape index (κ1) is 13.6. The van der Waals surface area contributed by atoms with Crippen molar-refractivity contribution < 1.29 is 0 Å². The lowest BCUT2D eigenvalue weighted by Gasteiger charge is -2.35. The highest BCUT2D eigenvalue weighted by molar-refractivity contribution is 5.12. The van der Waals surface area contributed by atoms with Crippen molar-refractivity contribution in [2.45, 2.75) is 65.5 Å². The van der Waals surface area contributed by atoms with E-state index in [1.54, 1.807) is 0 Å². The Morgan fingerprint density at radius 3 is 2.72 bits per heavy atom. The lowest BCUT2D eigenvalue weighted by molar-refractivity contribution is 0.213. The fraction of sp³-hybridized carbons (Fsp3) is 0.800. The van der Waals surface area contributed by atoms with Crippen molar-refractivity contribution in [2.24, 2.45) is 5.41 Å². The Labute approximate surface area is 111 Å². The van der Waals surface area contributed by atoms with Gasteiger partial charge < -0.3 is 5.32 Å². The van der Waals surface area contributed by atoms with E-state index >= 15 is 0 Å². The third-order valence-electron chi connectivity index (χ3n) is 4.39. The number of nitrogens with one attached hydrogen (secondary N) is 1. The summed E-state index contributed by atoms with van der Waals surface area (Å²) in [7, 11) is 0. The van der Waals surface area contributed by atoms with Gasteiger partial charge in [0.1, 0.15) is 0 Å². The smallest absolute Gasteiger partial charge is 0.0559 e. The van der Waals surface area contributed by atoms with Crippen LogP contribution in [0.1, 0.15) is 64.6 Å². The highest BCUT2D eigenvalue weighted by atomic mass is 15.3. The second-order valence-electron chi connectivity index (χ2n) is 5.82. The molecule has 1 aromatic rings. The predicted molar refractivity (Wildman–Crippen MR) is 75.5 cm³/mol. The Balaban J connectivity index is 2.24. The number of hydrogen-bond acceptors (Lipinski definition) is 2. The van der Waals surface area contributed by atoms with Crippen molar-refractivity contribution in [3.63, 3.8) is 0 Å². The van der Waals surface area contributed by atoms with Crippen LogP contribution in [0.4, 0.5) is 0 Å². The maximum atomic E-state index is 4.44. The molecular weight excluding hydrogens is 222 g/mol. The largest absolute Gasteiger partial charge is 0.308 e. The summed E-state index contributed by atoms with van der Waals surface area (Å²) in [5.41, 5.74) is 1.78. The molecule has 0 bridgehead atoms. The van der Waals surface area contributed by atoms with E-state index in [0.717, 1.165) is 13.1 Å². The van der Waals surface area contributed by atoms with Crippen molar-refractivity contribution in [1.29, 1.82) is 0 Å². The van der Waals surface area contributed by atoms with Gasteiger partial charge in [-0.3, -0.25) is 4.68 Å². The lowest BCUT2D eigenvalue weighted by atomic mass is 9.79. The summed E-state index contributed by atoms with van der Waals surface area (Å²) in [6, 6.07) is 2.66. The molecule has 2 rings (SSSR count). The van der Waals surface area contributed by atoms with Crippen LogP contribution in [0, 0.1) is 5.41 Å². The number of rotatable bonds is 6. The molecule has 0 radical (unpaired) electrons. The predicted octanol–water partition coefficient (Wildman–Crippen LogP) is 3.52. The minimum Gasteiger partial charge on any atom is -0.308 e. The van der Waals surface area contributed by atoms with Crippen LogP contribution < -0.4 is 5.32 Å². The van der Waals surface area contributed by atoms with Crippen LogP contribution in [-0.4, -0.2) is 16.3 Å². The summed E-state index contributed by atoms with van der Waals surface area (Å²) >= 11 is 0. The van der Waals surface area contributed by atoms with E-state index in [9.17, 15) is 0 Å². The molecular formula is C15H27N3. The molecule has 3 nitrogen and oxygen atoms in total. The molecule has 1 fully saturated rings. The first-order chi connectivity index (χ1) is 8.71. The van der Waals surface area contributed by atoms with Crippen LogP contribution in [-0.2, 0) is 6.54 Å². The van der Waals surface area contributed by atoms with E-state index in [-0.39, 0.29) is 0 Å². The molecule has 1 saturated carbocycles. The molecule has 1 aromatic heterocycles. The van der Waals surface area contributed by atoms with Crippen LogP contribution in [0.2, 0.25) is 0 Å². The fourth-order valence-electron chi connectivity index (χ4n) is 3.32. The summed E-state index contributed by atoms with van der Waals surface area (Å²) < 4.78 is 2.15. The molecule has 1 aliphatic rings. The molecule has 0 spiro atoms. The minimum atomic E-state index is 0.405. The van der Waals surface area contributed by atoms with Gasteiger partial charge in [0.05, 0.1) is 11.7 Å². The Kier molecular flexibility index (Phi) is 4.44. The van der Waals surface area contributed by atoms with E-state index in [1.165, 1.54) is 37.8 Å². The third kappa shape index (κ3) is 2.61. The van der Waals surface area contributed by atoms with Crippen molar-refractivity contribution in [3.05, 3.63) is 18.0 Å². The molecule has 1 heterocycles. The first-order valence-corrected chi connectivity index (χ1v) is 7.46. The molecule has 1 aliphatic carbocycles. The second-order valence-corrected chi connectivity index (χ2v) is 5.82. The van der Waals surface area contributed by atoms with Gasteiger partial charge in [-0.25, -0.2) is 0 Å². The molecule has 0 aliphatic heterocycles. The average molecular weight is 249 g/mol. The molecule has 1 N–H and O–H groups in total. The summed E-state index contributed by atoms with van der Waals surface area (Å²) in [6.45, 7) is 8.90. The van der Waals surface area contributed by atoms with E-state index < -0.39 is 0 Å². The van der Waals surface area contributed by atoms with Crippen LogP contribution in [0.15, 0.2) is 12.3 Å². The van der Waals surface area contributed by atoms with Gasteiger partial charge in [-0.15, -0.1) is 0 Å².